The molecule has 0 fully saturated rings. The summed E-state index contributed by atoms with van der Waals surface area (Å²) in [7, 11) is 0. The van der Waals surface area contributed by atoms with Gasteiger partial charge in [-0.15, -0.1) is 10.2 Å². The zero-order valence-electron chi connectivity index (χ0n) is 16.4. The third-order valence-electron chi connectivity index (χ3n) is 3.86. The van der Waals surface area contributed by atoms with Gasteiger partial charge < -0.3 is 15.6 Å². The fourth-order valence-corrected chi connectivity index (χ4v) is 3.40. The lowest BCUT2D eigenvalue weighted by Gasteiger charge is -2.11. The van der Waals surface area contributed by atoms with Gasteiger partial charge in [0.1, 0.15) is 5.82 Å². The average molecular weight is 375 g/mol. The fraction of sp³-hybridized carbons (Fsp3) is 0.526. The quantitative estimate of drug-likeness (QED) is 0.319. The van der Waals surface area contributed by atoms with E-state index in [1.807, 2.05) is 6.26 Å². The van der Waals surface area contributed by atoms with Crippen LogP contribution in [0.25, 0.3) is 0 Å². The highest BCUT2D eigenvalue weighted by Gasteiger charge is 2.12. The van der Waals surface area contributed by atoms with Crippen LogP contribution in [0.2, 0.25) is 0 Å². The van der Waals surface area contributed by atoms with Gasteiger partial charge >= 0.3 is 0 Å². The molecule has 0 saturated carbocycles. The molecule has 1 heterocycles. The Morgan fingerprint density at radius 2 is 1.92 bits per heavy atom. The molecule has 0 amide bonds. The lowest BCUT2D eigenvalue weighted by atomic mass is 10.1. The number of aromatic nitrogens is 3. The molecular formula is C19H30N6S. The zero-order chi connectivity index (χ0) is 19.1. The molecule has 0 aliphatic rings. The van der Waals surface area contributed by atoms with Gasteiger partial charge in [0.25, 0.3) is 0 Å². The lowest BCUT2D eigenvalue weighted by molar-refractivity contribution is 0.477. The molecule has 26 heavy (non-hydrogen) atoms. The monoisotopic (exact) mass is 374 g/mol. The Morgan fingerprint density at radius 1 is 1.23 bits per heavy atom. The Morgan fingerprint density at radius 3 is 2.54 bits per heavy atom. The summed E-state index contributed by atoms with van der Waals surface area (Å²) in [5.74, 6) is 2.04. The first-order valence-electron chi connectivity index (χ1n) is 9.00. The highest BCUT2D eigenvalue weighted by atomic mass is 32.2. The SMILES string of the molecule is CSc1nnc(CCCN=C(N)Nc2cc(C)cc(C)c2)n1CC(C)C. The molecule has 2 rings (SSSR count). The van der Waals surface area contributed by atoms with Crippen molar-refractivity contribution in [3.8, 4) is 0 Å². The van der Waals surface area contributed by atoms with Gasteiger partial charge in [-0.3, -0.25) is 4.99 Å². The predicted molar refractivity (Wildman–Crippen MR) is 111 cm³/mol. The van der Waals surface area contributed by atoms with E-state index in [-0.39, 0.29) is 0 Å². The van der Waals surface area contributed by atoms with Gasteiger partial charge in [-0.05, 0) is 55.7 Å². The first kappa shape index (κ1) is 20.3. The minimum Gasteiger partial charge on any atom is -0.370 e. The number of aliphatic imine (C=N–C) groups is 1. The molecule has 142 valence electrons. The second-order valence-electron chi connectivity index (χ2n) is 6.98. The molecule has 2 aromatic rings. The van der Waals surface area contributed by atoms with E-state index in [1.165, 1.54) is 11.1 Å². The zero-order valence-corrected chi connectivity index (χ0v) is 17.2. The molecule has 0 spiro atoms. The molecule has 1 aromatic heterocycles. The molecule has 0 atom stereocenters. The Kier molecular flexibility index (Phi) is 7.50. The Labute approximate surface area is 160 Å². The van der Waals surface area contributed by atoms with Crippen molar-refractivity contribution in [2.24, 2.45) is 16.6 Å². The fourth-order valence-electron chi connectivity index (χ4n) is 2.87. The molecule has 0 aliphatic heterocycles. The summed E-state index contributed by atoms with van der Waals surface area (Å²) in [6.45, 7) is 10.2. The van der Waals surface area contributed by atoms with Crippen LogP contribution in [0.3, 0.4) is 0 Å². The van der Waals surface area contributed by atoms with Crippen LogP contribution < -0.4 is 11.1 Å². The van der Waals surface area contributed by atoms with Gasteiger partial charge in [-0.2, -0.15) is 0 Å². The molecule has 0 saturated heterocycles. The maximum absolute atomic E-state index is 6.01. The van der Waals surface area contributed by atoms with Crippen molar-refractivity contribution in [1.82, 2.24) is 14.8 Å². The number of hydrogen-bond acceptors (Lipinski definition) is 4. The van der Waals surface area contributed by atoms with Crippen LogP contribution in [-0.2, 0) is 13.0 Å². The van der Waals surface area contributed by atoms with Crippen LogP contribution in [0.1, 0.15) is 37.2 Å². The number of aryl methyl sites for hydroxylation is 3. The third-order valence-corrected chi connectivity index (χ3v) is 4.53. The van der Waals surface area contributed by atoms with Gasteiger partial charge in [0.15, 0.2) is 11.1 Å². The standard InChI is InChI=1S/C19H30N6S/c1-13(2)12-25-17(23-24-19(25)26-5)7-6-8-21-18(20)22-16-10-14(3)9-15(4)11-16/h9-11,13H,6-8,12H2,1-5H3,(H3,20,21,22). The van der Waals surface area contributed by atoms with E-state index in [9.17, 15) is 0 Å². The number of thioether (sulfide) groups is 1. The number of benzene rings is 1. The van der Waals surface area contributed by atoms with Crippen LogP contribution in [0.4, 0.5) is 5.69 Å². The highest BCUT2D eigenvalue weighted by Crippen LogP contribution is 2.17. The average Bonchev–Trinajstić information content (AvgIpc) is 2.91. The van der Waals surface area contributed by atoms with E-state index in [4.69, 9.17) is 5.73 Å². The molecule has 1 aromatic carbocycles. The summed E-state index contributed by atoms with van der Waals surface area (Å²) in [5.41, 5.74) is 9.39. The summed E-state index contributed by atoms with van der Waals surface area (Å²) >= 11 is 1.64. The summed E-state index contributed by atoms with van der Waals surface area (Å²) in [5, 5.41) is 12.8. The van der Waals surface area contributed by atoms with Crippen LogP contribution in [0.15, 0.2) is 28.3 Å². The molecule has 7 heteroatoms. The Bertz CT molecular complexity index is 730. The highest BCUT2D eigenvalue weighted by molar-refractivity contribution is 7.98. The Balaban J connectivity index is 1.89. The van der Waals surface area contributed by atoms with Crippen LogP contribution >= 0.6 is 11.8 Å². The van der Waals surface area contributed by atoms with E-state index in [2.05, 4.69) is 71.0 Å². The van der Waals surface area contributed by atoms with E-state index in [0.29, 0.717) is 18.4 Å². The molecule has 0 unspecified atom stereocenters. The third kappa shape index (κ3) is 6.05. The number of nitrogens with one attached hydrogen (secondary N) is 1. The largest absolute Gasteiger partial charge is 0.370 e. The predicted octanol–water partition coefficient (Wildman–Crippen LogP) is 3.63. The lowest BCUT2D eigenvalue weighted by Crippen LogP contribution is -2.23. The summed E-state index contributed by atoms with van der Waals surface area (Å²) < 4.78 is 2.22. The molecule has 0 radical (unpaired) electrons. The number of anilines is 1. The summed E-state index contributed by atoms with van der Waals surface area (Å²) in [4.78, 5) is 4.43. The van der Waals surface area contributed by atoms with Crippen LogP contribution in [0.5, 0.6) is 0 Å². The van der Waals surface area contributed by atoms with Gasteiger partial charge in [0.05, 0.1) is 0 Å². The second-order valence-corrected chi connectivity index (χ2v) is 7.75. The van der Waals surface area contributed by atoms with Crippen LogP contribution in [0, 0.1) is 19.8 Å². The molecule has 0 aliphatic carbocycles. The number of guanidine groups is 1. The number of rotatable bonds is 8. The molecule has 3 N–H and O–H groups in total. The van der Waals surface area contributed by atoms with E-state index >= 15 is 0 Å². The van der Waals surface area contributed by atoms with E-state index in [1.54, 1.807) is 11.8 Å². The minimum absolute atomic E-state index is 0.448. The topological polar surface area (TPSA) is 81.1 Å². The first-order chi connectivity index (χ1) is 12.4. The van der Waals surface area contributed by atoms with E-state index in [0.717, 1.165) is 36.1 Å². The van der Waals surface area contributed by atoms with Crippen molar-refractivity contribution in [1.29, 1.82) is 0 Å². The molecule has 0 bridgehead atoms. The normalized spacial score (nSPS) is 12.0. The smallest absolute Gasteiger partial charge is 0.193 e. The molecule has 6 nitrogen and oxygen atoms in total. The van der Waals surface area contributed by atoms with Gasteiger partial charge in [-0.1, -0.05) is 31.7 Å². The Hall–Kier alpha value is -2.02. The van der Waals surface area contributed by atoms with Crippen LogP contribution in [-0.4, -0.2) is 33.5 Å². The first-order valence-corrected chi connectivity index (χ1v) is 10.2. The van der Waals surface area contributed by atoms with E-state index < -0.39 is 0 Å². The summed E-state index contributed by atoms with van der Waals surface area (Å²) in [6.07, 6.45) is 3.77. The van der Waals surface area contributed by atoms with Gasteiger partial charge in [0.2, 0.25) is 0 Å². The second kappa shape index (κ2) is 9.62. The summed E-state index contributed by atoms with van der Waals surface area (Å²) in [6, 6.07) is 6.26. The molecular weight excluding hydrogens is 344 g/mol. The van der Waals surface area contributed by atoms with Gasteiger partial charge in [0, 0.05) is 25.2 Å². The number of hydrogen-bond donors (Lipinski definition) is 2. The minimum atomic E-state index is 0.448. The number of nitrogens with zero attached hydrogens (tertiary/aromatic N) is 4. The van der Waals surface area contributed by atoms with Crippen molar-refractivity contribution in [2.45, 2.75) is 52.2 Å². The maximum Gasteiger partial charge on any atom is 0.193 e. The van der Waals surface area contributed by atoms with Gasteiger partial charge in [-0.25, -0.2) is 0 Å². The van der Waals surface area contributed by atoms with Crippen molar-refractivity contribution >= 4 is 23.4 Å². The van der Waals surface area contributed by atoms with Crippen molar-refractivity contribution < 1.29 is 0 Å². The van der Waals surface area contributed by atoms with Crippen molar-refractivity contribution in [3.63, 3.8) is 0 Å². The van der Waals surface area contributed by atoms with Crippen molar-refractivity contribution in [2.75, 3.05) is 18.1 Å². The van der Waals surface area contributed by atoms with Crippen molar-refractivity contribution in [3.05, 3.63) is 35.2 Å². The maximum atomic E-state index is 6.01. The number of nitrogens with two attached hydrogens (primary N) is 1.